The van der Waals surface area contributed by atoms with Gasteiger partial charge in [0.15, 0.2) is 0 Å². The molecule has 0 saturated heterocycles. The lowest BCUT2D eigenvalue weighted by Crippen LogP contribution is -2.10. The summed E-state index contributed by atoms with van der Waals surface area (Å²) in [7, 11) is 1.91. The first-order chi connectivity index (χ1) is 11.8. The summed E-state index contributed by atoms with van der Waals surface area (Å²) >= 11 is 0. The molecule has 0 amide bonds. The zero-order valence-corrected chi connectivity index (χ0v) is 15.2. The van der Waals surface area contributed by atoms with Crippen molar-refractivity contribution in [3.8, 4) is 0 Å². The zero-order chi connectivity index (χ0) is 18.6. The van der Waals surface area contributed by atoms with E-state index in [9.17, 15) is 9.50 Å². The molecular weight excluding hydrogens is 319 g/mol. The number of halogens is 1. The summed E-state index contributed by atoms with van der Waals surface area (Å²) in [6.07, 6.45) is 3.17. The van der Waals surface area contributed by atoms with Crippen LogP contribution in [0.15, 0.2) is 30.0 Å². The van der Waals surface area contributed by atoms with E-state index in [2.05, 4.69) is 17.3 Å². The minimum atomic E-state index is -0.390. The van der Waals surface area contributed by atoms with E-state index in [0.29, 0.717) is 23.4 Å². The molecule has 0 fully saturated rings. The van der Waals surface area contributed by atoms with Crippen LogP contribution in [0.4, 0.5) is 10.1 Å². The quantitative estimate of drug-likeness (QED) is 0.673. The molecule has 0 aliphatic carbocycles. The summed E-state index contributed by atoms with van der Waals surface area (Å²) in [6.45, 7) is 5.56. The van der Waals surface area contributed by atoms with Crippen molar-refractivity contribution in [3.63, 3.8) is 0 Å². The van der Waals surface area contributed by atoms with E-state index in [-0.39, 0.29) is 6.61 Å². The molecule has 0 saturated carbocycles. The molecule has 0 atom stereocenters. The number of allylic oxidation sites excluding steroid dienone is 2. The van der Waals surface area contributed by atoms with Gasteiger partial charge in [-0.05, 0) is 50.1 Å². The molecule has 6 heteroatoms. The van der Waals surface area contributed by atoms with Gasteiger partial charge in [-0.3, -0.25) is 4.68 Å². The summed E-state index contributed by atoms with van der Waals surface area (Å²) in [4.78, 5) is 0. The summed E-state index contributed by atoms with van der Waals surface area (Å²) in [5.74, 6) is -0.390. The first-order valence-corrected chi connectivity index (χ1v) is 8.29. The van der Waals surface area contributed by atoms with Gasteiger partial charge in [-0.2, -0.15) is 5.10 Å². The van der Waals surface area contributed by atoms with Crippen LogP contribution in [0.25, 0.3) is 0 Å². The Kier molecular flexibility index (Phi) is 6.09. The number of aliphatic hydroxyl groups excluding tert-OH is 1. The highest BCUT2D eigenvalue weighted by Gasteiger charge is 2.14. The number of nitrogens with zero attached hydrogens (tertiary/aromatic N) is 2. The zero-order valence-electron chi connectivity index (χ0n) is 15.2. The van der Waals surface area contributed by atoms with Gasteiger partial charge in [0.05, 0.1) is 12.3 Å². The van der Waals surface area contributed by atoms with Crippen molar-refractivity contribution in [1.29, 1.82) is 5.41 Å². The summed E-state index contributed by atoms with van der Waals surface area (Å²) in [5.41, 5.74) is 5.57. The maximum absolute atomic E-state index is 13.4. The van der Waals surface area contributed by atoms with Crippen molar-refractivity contribution in [2.45, 2.75) is 40.2 Å². The van der Waals surface area contributed by atoms with E-state index in [1.54, 1.807) is 19.1 Å². The van der Waals surface area contributed by atoms with Gasteiger partial charge in [0.25, 0.3) is 0 Å². The summed E-state index contributed by atoms with van der Waals surface area (Å²) in [6, 6.07) is 4.25. The van der Waals surface area contributed by atoms with Gasteiger partial charge in [0.2, 0.25) is 0 Å². The highest BCUT2D eigenvalue weighted by molar-refractivity contribution is 5.91. The van der Waals surface area contributed by atoms with Crippen LogP contribution in [0.1, 0.15) is 36.4 Å². The van der Waals surface area contributed by atoms with Gasteiger partial charge in [-0.15, -0.1) is 0 Å². The number of aromatic nitrogens is 2. The molecule has 3 N–H and O–H groups in total. The first-order valence-electron chi connectivity index (χ1n) is 8.29. The van der Waals surface area contributed by atoms with Crippen LogP contribution in [0.2, 0.25) is 0 Å². The van der Waals surface area contributed by atoms with E-state index in [1.807, 2.05) is 18.7 Å². The van der Waals surface area contributed by atoms with Gasteiger partial charge in [0.1, 0.15) is 5.82 Å². The molecule has 1 aromatic carbocycles. The third-order valence-corrected chi connectivity index (χ3v) is 4.14. The Hall–Kier alpha value is -2.47. The molecule has 25 heavy (non-hydrogen) atoms. The van der Waals surface area contributed by atoms with E-state index in [4.69, 9.17) is 5.41 Å². The van der Waals surface area contributed by atoms with Gasteiger partial charge < -0.3 is 15.8 Å². The van der Waals surface area contributed by atoms with Crippen molar-refractivity contribution in [2.24, 2.45) is 7.05 Å². The normalized spacial score (nSPS) is 11.7. The molecule has 2 rings (SSSR count). The number of rotatable bonds is 7. The van der Waals surface area contributed by atoms with Gasteiger partial charge in [-0.25, -0.2) is 4.39 Å². The maximum atomic E-state index is 13.4. The summed E-state index contributed by atoms with van der Waals surface area (Å²) in [5, 5.41) is 25.0. The first kappa shape index (κ1) is 18.9. The second kappa shape index (κ2) is 8.07. The average Bonchev–Trinajstić information content (AvgIpc) is 2.83. The van der Waals surface area contributed by atoms with E-state index >= 15 is 0 Å². The number of benzene rings is 1. The topological polar surface area (TPSA) is 73.9 Å². The van der Waals surface area contributed by atoms with E-state index in [0.717, 1.165) is 29.1 Å². The van der Waals surface area contributed by atoms with Crippen molar-refractivity contribution in [2.75, 3.05) is 5.32 Å². The second-order valence-electron chi connectivity index (χ2n) is 6.11. The molecule has 0 spiro atoms. The SMILES string of the molecule is CCc1nn(C)c(C/C(=C/C(C)=N)Nc2ccc(F)cc2CO)c1C. The Morgan fingerprint density at radius 3 is 2.72 bits per heavy atom. The van der Waals surface area contributed by atoms with Crippen LogP contribution in [0.3, 0.4) is 0 Å². The highest BCUT2D eigenvalue weighted by Crippen LogP contribution is 2.22. The molecule has 1 aromatic heterocycles. The fraction of sp³-hybridized carbons (Fsp3) is 0.368. The minimum Gasteiger partial charge on any atom is -0.392 e. The molecule has 1 heterocycles. The molecule has 0 aliphatic rings. The minimum absolute atomic E-state index is 0.262. The molecular formula is C19H25FN4O. The third-order valence-electron chi connectivity index (χ3n) is 4.14. The molecule has 0 bridgehead atoms. The monoisotopic (exact) mass is 344 g/mol. The number of aliphatic hydroxyl groups is 1. The fourth-order valence-corrected chi connectivity index (χ4v) is 2.87. The predicted octanol–water partition coefficient (Wildman–Crippen LogP) is 3.50. The average molecular weight is 344 g/mol. The van der Waals surface area contributed by atoms with Gasteiger partial charge in [0, 0.05) is 41.8 Å². The molecule has 0 aliphatic heterocycles. The van der Waals surface area contributed by atoms with Gasteiger partial charge in [-0.1, -0.05) is 6.92 Å². The number of aryl methyl sites for hydroxylation is 2. The van der Waals surface area contributed by atoms with Crippen molar-refractivity contribution < 1.29 is 9.50 Å². The second-order valence-corrected chi connectivity index (χ2v) is 6.11. The van der Waals surface area contributed by atoms with E-state index < -0.39 is 5.82 Å². The van der Waals surface area contributed by atoms with Gasteiger partial charge >= 0.3 is 0 Å². The van der Waals surface area contributed by atoms with Crippen molar-refractivity contribution in [1.82, 2.24) is 9.78 Å². The summed E-state index contributed by atoms with van der Waals surface area (Å²) < 4.78 is 15.2. The Labute approximate surface area is 147 Å². The van der Waals surface area contributed by atoms with Crippen LogP contribution in [0.5, 0.6) is 0 Å². The van der Waals surface area contributed by atoms with Crippen LogP contribution >= 0.6 is 0 Å². The Morgan fingerprint density at radius 1 is 1.44 bits per heavy atom. The van der Waals surface area contributed by atoms with Crippen molar-refractivity contribution >= 4 is 11.4 Å². The Balaban J connectivity index is 2.36. The molecule has 5 nitrogen and oxygen atoms in total. The molecule has 2 aromatic rings. The Bertz CT molecular complexity index is 808. The largest absolute Gasteiger partial charge is 0.392 e. The highest BCUT2D eigenvalue weighted by atomic mass is 19.1. The predicted molar refractivity (Wildman–Crippen MR) is 98.5 cm³/mol. The maximum Gasteiger partial charge on any atom is 0.123 e. The fourth-order valence-electron chi connectivity index (χ4n) is 2.87. The molecule has 0 radical (unpaired) electrons. The molecule has 134 valence electrons. The van der Waals surface area contributed by atoms with Crippen molar-refractivity contribution in [3.05, 3.63) is 58.3 Å². The van der Waals surface area contributed by atoms with Crippen LogP contribution in [-0.4, -0.2) is 20.6 Å². The number of anilines is 1. The number of hydrogen-bond acceptors (Lipinski definition) is 4. The van der Waals surface area contributed by atoms with Crippen LogP contribution in [0, 0.1) is 18.2 Å². The smallest absolute Gasteiger partial charge is 0.123 e. The van der Waals surface area contributed by atoms with E-state index in [1.165, 1.54) is 12.1 Å². The van der Waals surface area contributed by atoms with Crippen LogP contribution in [-0.2, 0) is 26.5 Å². The standard InChI is InChI=1S/C19H25FN4O/c1-5-17-13(3)19(24(4)23-17)10-16(8-12(2)21)22-18-7-6-15(20)9-14(18)11-25/h6-9,21-22,25H,5,10-11H2,1-4H3/b16-8-,21-12?. The third kappa shape index (κ3) is 4.54. The number of nitrogens with one attached hydrogen (secondary N) is 2. The number of hydrogen-bond donors (Lipinski definition) is 3. The van der Waals surface area contributed by atoms with Crippen LogP contribution < -0.4 is 5.32 Å². The Morgan fingerprint density at radius 2 is 2.16 bits per heavy atom. The molecule has 0 unspecified atom stereocenters. The lowest BCUT2D eigenvalue weighted by molar-refractivity contribution is 0.282. The lowest BCUT2D eigenvalue weighted by atomic mass is 10.1. The lowest BCUT2D eigenvalue weighted by Gasteiger charge is -2.15.